The number of aromatic nitrogens is 2. The summed E-state index contributed by atoms with van der Waals surface area (Å²) in [5.74, 6) is 0.687. The number of benzene rings is 1. The Morgan fingerprint density at radius 2 is 2.00 bits per heavy atom. The summed E-state index contributed by atoms with van der Waals surface area (Å²) in [6, 6.07) is 8.82. The van der Waals surface area contributed by atoms with Gasteiger partial charge in [0.2, 0.25) is 0 Å². The summed E-state index contributed by atoms with van der Waals surface area (Å²) in [6.45, 7) is 7.68. The zero-order chi connectivity index (χ0) is 13.7. The molecule has 0 aliphatic heterocycles. The molecule has 1 N–H and O–H groups in total. The molecule has 2 aromatic rings. The third-order valence-corrected chi connectivity index (χ3v) is 3.34. The van der Waals surface area contributed by atoms with Crippen molar-refractivity contribution >= 4 is 10.8 Å². The van der Waals surface area contributed by atoms with Crippen LogP contribution in [0.15, 0.2) is 30.5 Å². The monoisotopic (exact) mass is 257 g/mol. The number of nitrogens with zero attached hydrogens (tertiary/aromatic N) is 2. The van der Waals surface area contributed by atoms with E-state index in [1.807, 2.05) is 12.3 Å². The fraction of sp³-hybridized carbons (Fsp3) is 0.500. The maximum atomic E-state index is 4.35. The molecule has 0 spiro atoms. The normalized spacial score (nSPS) is 13.1. The smallest absolute Gasteiger partial charge is 0.0724 e. The lowest BCUT2D eigenvalue weighted by Gasteiger charge is -2.19. The molecule has 0 radical (unpaired) electrons. The molecule has 1 aromatic carbocycles. The van der Waals surface area contributed by atoms with Crippen LogP contribution >= 0.6 is 0 Å². The maximum absolute atomic E-state index is 4.35. The molecule has 3 nitrogen and oxygen atoms in total. The molecular formula is C16H23N3. The summed E-state index contributed by atoms with van der Waals surface area (Å²) >= 11 is 0. The van der Waals surface area contributed by atoms with Crippen molar-refractivity contribution in [2.24, 2.45) is 5.92 Å². The van der Waals surface area contributed by atoms with Crippen molar-refractivity contribution in [2.45, 2.75) is 39.7 Å². The van der Waals surface area contributed by atoms with Crippen LogP contribution < -0.4 is 5.32 Å². The summed E-state index contributed by atoms with van der Waals surface area (Å²) in [5.41, 5.74) is 1.10. The van der Waals surface area contributed by atoms with Crippen molar-refractivity contribution in [3.8, 4) is 0 Å². The molecule has 1 atom stereocenters. The average molecular weight is 257 g/mol. The lowest BCUT2D eigenvalue weighted by molar-refractivity contribution is 0.421. The lowest BCUT2D eigenvalue weighted by Crippen LogP contribution is -2.32. The predicted molar refractivity (Wildman–Crippen MR) is 80.2 cm³/mol. The lowest BCUT2D eigenvalue weighted by atomic mass is 9.98. The van der Waals surface area contributed by atoms with Crippen LogP contribution in [0.1, 0.15) is 32.9 Å². The highest BCUT2D eigenvalue weighted by Gasteiger charge is 2.13. The first kappa shape index (κ1) is 13.9. The third-order valence-electron chi connectivity index (χ3n) is 3.34. The van der Waals surface area contributed by atoms with Crippen molar-refractivity contribution in [2.75, 3.05) is 6.54 Å². The first-order valence-corrected chi connectivity index (χ1v) is 7.13. The number of rotatable bonds is 6. The predicted octanol–water partition coefficient (Wildman–Crippen LogP) is 3.20. The van der Waals surface area contributed by atoms with E-state index in [-0.39, 0.29) is 0 Å². The topological polar surface area (TPSA) is 37.8 Å². The second kappa shape index (κ2) is 6.62. The quantitative estimate of drug-likeness (QED) is 0.863. The summed E-state index contributed by atoms with van der Waals surface area (Å²) in [6.07, 6.45) is 3.95. The van der Waals surface area contributed by atoms with Crippen LogP contribution in [0.2, 0.25) is 0 Å². The molecule has 0 amide bonds. The largest absolute Gasteiger partial charge is 0.314 e. The van der Waals surface area contributed by atoms with Crippen LogP contribution in [0.25, 0.3) is 10.8 Å². The van der Waals surface area contributed by atoms with Crippen LogP contribution in [-0.2, 0) is 6.42 Å². The molecule has 1 aromatic heterocycles. The van der Waals surface area contributed by atoms with E-state index in [1.54, 1.807) is 0 Å². The number of fused-ring (bicyclic) bond motifs is 1. The molecule has 1 unspecified atom stereocenters. The van der Waals surface area contributed by atoms with Crippen molar-refractivity contribution in [3.63, 3.8) is 0 Å². The van der Waals surface area contributed by atoms with E-state index in [1.165, 1.54) is 17.2 Å². The van der Waals surface area contributed by atoms with E-state index in [0.29, 0.717) is 12.0 Å². The van der Waals surface area contributed by atoms with Crippen molar-refractivity contribution < 1.29 is 0 Å². The Labute approximate surface area is 115 Å². The molecule has 0 saturated heterocycles. The van der Waals surface area contributed by atoms with Gasteiger partial charge in [-0.25, -0.2) is 0 Å². The first-order chi connectivity index (χ1) is 9.20. The van der Waals surface area contributed by atoms with Gasteiger partial charge >= 0.3 is 0 Å². The number of nitrogens with one attached hydrogen (secondary N) is 1. The van der Waals surface area contributed by atoms with Gasteiger partial charge in [0.1, 0.15) is 0 Å². The van der Waals surface area contributed by atoms with Gasteiger partial charge in [0.15, 0.2) is 0 Å². The number of hydrogen-bond donors (Lipinski definition) is 1. The standard InChI is InChI=1S/C16H23N3/c1-4-17-14(9-12(2)3)10-16-15-8-6-5-7-13(15)11-18-19-16/h5-8,11-12,14,17H,4,9-10H2,1-3H3. The Balaban J connectivity index is 2.23. The molecule has 0 aliphatic rings. The van der Waals surface area contributed by atoms with Gasteiger partial charge in [0, 0.05) is 23.2 Å². The molecule has 0 saturated carbocycles. The van der Waals surface area contributed by atoms with Crippen LogP contribution in [0.5, 0.6) is 0 Å². The minimum Gasteiger partial charge on any atom is -0.314 e. The summed E-state index contributed by atoms with van der Waals surface area (Å²) < 4.78 is 0. The van der Waals surface area contributed by atoms with Gasteiger partial charge in [-0.1, -0.05) is 45.0 Å². The average Bonchev–Trinajstić information content (AvgIpc) is 2.39. The van der Waals surface area contributed by atoms with Gasteiger partial charge in [-0.05, 0) is 18.9 Å². The highest BCUT2D eigenvalue weighted by Crippen LogP contribution is 2.18. The minimum atomic E-state index is 0.477. The van der Waals surface area contributed by atoms with E-state index in [2.05, 4.69) is 54.5 Å². The fourth-order valence-electron chi connectivity index (χ4n) is 2.57. The number of hydrogen-bond acceptors (Lipinski definition) is 3. The van der Waals surface area contributed by atoms with Gasteiger partial charge in [-0.3, -0.25) is 0 Å². The summed E-state index contributed by atoms with van der Waals surface area (Å²) in [4.78, 5) is 0. The zero-order valence-electron chi connectivity index (χ0n) is 12.1. The van der Waals surface area contributed by atoms with E-state index in [9.17, 15) is 0 Å². The summed E-state index contributed by atoms with van der Waals surface area (Å²) in [7, 11) is 0. The van der Waals surface area contributed by atoms with E-state index in [0.717, 1.165) is 18.7 Å². The molecular weight excluding hydrogens is 234 g/mol. The van der Waals surface area contributed by atoms with Gasteiger partial charge in [0.25, 0.3) is 0 Å². The van der Waals surface area contributed by atoms with Crippen molar-refractivity contribution in [1.29, 1.82) is 0 Å². The van der Waals surface area contributed by atoms with Crippen molar-refractivity contribution in [3.05, 3.63) is 36.2 Å². The summed E-state index contributed by atoms with van der Waals surface area (Å²) in [5, 5.41) is 14.4. The SMILES string of the molecule is CCNC(Cc1nncc2ccccc12)CC(C)C. The zero-order valence-corrected chi connectivity index (χ0v) is 12.1. The van der Waals surface area contributed by atoms with Gasteiger partial charge in [-0.15, -0.1) is 0 Å². The van der Waals surface area contributed by atoms with Crippen LogP contribution in [-0.4, -0.2) is 22.8 Å². The second-order valence-electron chi connectivity index (χ2n) is 5.47. The molecule has 19 heavy (non-hydrogen) atoms. The second-order valence-corrected chi connectivity index (χ2v) is 5.47. The highest BCUT2D eigenvalue weighted by atomic mass is 15.1. The Hall–Kier alpha value is -1.48. The van der Waals surface area contributed by atoms with Crippen LogP contribution in [0.4, 0.5) is 0 Å². The Bertz CT molecular complexity index is 517. The molecule has 2 rings (SSSR count). The maximum Gasteiger partial charge on any atom is 0.0724 e. The van der Waals surface area contributed by atoms with E-state index < -0.39 is 0 Å². The minimum absolute atomic E-state index is 0.477. The van der Waals surface area contributed by atoms with Gasteiger partial charge in [0.05, 0.1) is 11.9 Å². The first-order valence-electron chi connectivity index (χ1n) is 7.13. The fourth-order valence-corrected chi connectivity index (χ4v) is 2.57. The molecule has 0 fully saturated rings. The molecule has 0 aliphatic carbocycles. The molecule has 3 heteroatoms. The Morgan fingerprint density at radius 1 is 1.21 bits per heavy atom. The molecule has 1 heterocycles. The molecule has 0 bridgehead atoms. The van der Waals surface area contributed by atoms with Crippen LogP contribution in [0.3, 0.4) is 0 Å². The Morgan fingerprint density at radius 3 is 2.74 bits per heavy atom. The van der Waals surface area contributed by atoms with Gasteiger partial charge < -0.3 is 5.32 Å². The van der Waals surface area contributed by atoms with Gasteiger partial charge in [-0.2, -0.15) is 10.2 Å². The number of likely N-dealkylation sites (N-methyl/N-ethyl adjacent to an activating group) is 1. The Kier molecular flexibility index (Phi) is 4.86. The van der Waals surface area contributed by atoms with Crippen molar-refractivity contribution in [1.82, 2.24) is 15.5 Å². The van der Waals surface area contributed by atoms with E-state index in [4.69, 9.17) is 0 Å². The highest BCUT2D eigenvalue weighted by molar-refractivity contribution is 5.83. The third kappa shape index (κ3) is 3.74. The molecule has 102 valence electrons. The van der Waals surface area contributed by atoms with E-state index >= 15 is 0 Å². The van der Waals surface area contributed by atoms with Crippen LogP contribution in [0, 0.1) is 5.92 Å².